The number of thiophene rings is 1. The van der Waals surface area contributed by atoms with Gasteiger partial charge in [-0.05, 0) is 34.5 Å². The quantitative estimate of drug-likeness (QED) is 0.937. The zero-order valence-electron chi connectivity index (χ0n) is 10.2. The first kappa shape index (κ1) is 12.0. The van der Waals surface area contributed by atoms with Gasteiger partial charge in [0, 0.05) is 11.8 Å². The molecule has 5 heteroatoms. The minimum atomic E-state index is -0.0323. The highest BCUT2D eigenvalue weighted by Gasteiger charge is 2.12. The number of hydrogen-bond acceptors (Lipinski definition) is 4. The van der Waals surface area contributed by atoms with Crippen molar-refractivity contribution in [2.75, 3.05) is 18.5 Å². The summed E-state index contributed by atoms with van der Waals surface area (Å²) in [6, 6.07) is 7.38. The maximum Gasteiger partial charge on any atom is 0.228 e. The van der Waals surface area contributed by atoms with Gasteiger partial charge < -0.3 is 14.8 Å². The van der Waals surface area contributed by atoms with Crippen LogP contribution < -0.4 is 14.8 Å². The molecule has 0 aliphatic carbocycles. The van der Waals surface area contributed by atoms with Gasteiger partial charge in [0.25, 0.3) is 0 Å². The SMILES string of the molecule is O=C(Cc1ccsc1)Nc1ccc2c(c1)OCCO2. The highest BCUT2D eigenvalue weighted by Crippen LogP contribution is 2.32. The Hall–Kier alpha value is -2.01. The van der Waals surface area contributed by atoms with Gasteiger partial charge in [0.15, 0.2) is 11.5 Å². The molecule has 1 aromatic heterocycles. The lowest BCUT2D eigenvalue weighted by molar-refractivity contribution is -0.115. The second-order valence-electron chi connectivity index (χ2n) is 4.21. The molecule has 4 nitrogen and oxygen atoms in total. The number of benzene rings is 1. The third-order valence-electron chi connectivity index (χ3n) is 2.77. The van der Waals surface area contributed by atoms with E-state index in [9.17, 15) is 4.79 Å². The Morgan fingerprint density at radius 1 is 1.21 bits per heavy atom. The van der Waals surface area contributed by atoms with Crippen molar-refractivity contribution in [3.63, 3.8) is 0 Å². The molecule has 0 atom stereocenters. The van der Waals surface area contributed by atoms with Crippen molar-refractivity contribution in [1.29, 1.82) is 0 Å². The number of nitrogens with one attached hydrogen (secondary N) is 1. The second-order valence-corrected chi connectivity index (χ2v) is 5.00. The van der Waals surface area contributed by atoms with E-state index in [1.165, 1.54) is 0 Å². The third-order valence-corrected chi connectivity index (χ3v) is 3.50. The summed E-state index contributed by atoms with van der Waals surface area (Å²) in [6.07, 6.45) is 0.387. The molecule has 0 radical (unpaired) electrons. The van der Waals surface area contributed by atoms with E-state index in [0.29, 0.717) is 25.4 Å². The van der Waals surface area contributed by atoms with Crippen molar-refractivity contribution in [3.05, 3.63) is 40.6 Å². The summed E-state index contributed by atoms with van der Waals surface area (Å²) < 4.78 is 10.9. The molecule has 1 amide bonds. The molecule has 1 N–H and O–H groups in total. The van der Waals surface area contributed by atoms with Crippen LogP contribution in [0.25, 0.3) is 0 Å². The van der Waals surface area contributed by atoms with Crippen LogP contribution in [0.1, 0.15) is 5.56 Å². The number of hydrogen-bond donors (Lipinski definition) is 1. The standard InChI is InChI=1S/C14H13NO3S/c16-14(7-10-3-6-19-9-10)15-11-1-2-12-13(8-11)18-5-4-17-12/h1-3,6,8-9H,4-5,7H2,(H,15,16). The Morgan fingerprint density at radius 2 is 2.05 bits per heavy atom. The molecule has 0 saturated heterocycles. The monoisotopic (exact) mass is 275 g/mol. The van der Waals surface area contributed by atoms with Gasteiger partial charge in [0.1, 0.15) is 13.2 Å². The summed E-state index contributed by atoms with van der Waals surface area (Å²) in [5, 5.41) is 6.80. The molecule has 0 saturated carbocycles. The minimum absolute atomic E-state index is 0.0323. The van der Waals surface area contributed by atoms with Gasteiger partial charge in [-0.2, -0.15) is 11.3 Å². The summed E-state index contributed by atoms with van der Waals surface area (Å²) in [4.78, 5) is 11.9. The first-order valence-corrected chi connectivity index (χ1v) is 6.96. The third kappa shape index (κ3) is 2.88. The molecule has 2 aromatic rings. The van der Waals surface area contributed by atoms with Crippen molar-refractivity contribution in [3.8, 4) is 11.5 Å². The van der Waals surface area contributed by atoms with Crippen LogP contribution in [0.2, 0.25) is 0 Å². The van der Waals surface area contributed by atoms with Gasteiger partial charge in [-0.3, -0.25) is 4.79 Å². The van der Waals surface area contributed by atoms with Crippen molar-refractivity contribution in [1.82, 2.24) is 0 Å². The van der Waals surface area contributed by atoms with E-state index in [1.54, 1.807) is 17.4 Å². The van der Waals surface area contributed by atoms with E-state index in [4.69, 9.17) is 9.47 Å². The molecule has 0 bridgehead atoms. The first-order chi connectivity index (χ1) is 9.31. The molecular weight excluding hydrogens is 262 g/mol. The topological polar surface area (TPSA) is 47.6 Å². The Bertz CT molecular complexity index is 580. The Morgan fingerprint density at radius 3 is 2.84 bits per heavy atom. The number of ether oxygens (including phenoxy) is 2. The van der Waals surface area contributed by atoms with Crippen LogP contribution in [0.4, 0.5) is 5.69 Å². The number of amides is 1. The number of carbonyl (C=O) groups is 1. The molecule has 98 valence electrons. The van der Waals surface area contributed by atoms with Gasteiger partial charge in [-0.1, -0.05) is 0 Å². The molecule has 0 fully saturated rings. The van der Waals surface area contributed by atoms with Crippen LogP contribution in [0.15, 0.2) is 35.0 Å². The van der Waals surface area contributed by atoms with Gasteiger partial charge in [-0.25, -0.2) is 0 Å². The molecule has 1 aliphatic heterocycles. The van der Waals surface area contributed by atoms with Crippen molar-refractivity contribution in [2.45, 2.75) is 6.42 Å². The van der Waals surface area contributed by atoms with Crippen LogP contribution in [0.3, 0.4) is 0 Å². The van der Waals surface area contributed by atoms with Crippen LogP contribution in [-0.4, -0.2) is 19.1 Å². The smallest absolute Gasteiger partial charge is 0.228 e. The Labute approximate surface area is 115 Å². The lowest BCUT2D eigenvalue weighted by atomic mass is 10.2. The molecule has 2 heterocycles. The van der Waals surface area contributed by atoms with Gasteiger partial charge in [0.2, 0.25) is 5.91 Å². The average molecular weight is 275 g/mol. The van der Waals surface area contributed by atoms with E-state index in [2.05, 4.69) is 5.32 Å². The molecule has 19 heavy (non-hydrogen) atoms. The lowest BCUT2D eigenvalue weighted by Crippen LogP contribution is -2.17. The summed E-state index contributed by atoms with van der Waals surface area (Å²) >= 11 is 1.59. The zero-order chi connectivity index (χ0) is 13.1. The van der Waals surface area contributed by atoms with E-state index in [0.717, 1.165) is 17.0 Å². The normalized spacial score (nSPS) is 13.1. The molecule has 1 aliphatic rings. The number of anilines is 1. The fraction of sp³-hybridized carbons (Fsp3) is 0.214. The van der Waals surface area contributed by atoms with Crippen LogP contribution >= 0.6 is 11.3 Å². The van der Waals surface area contributed by atoms with Crippen molar-refractivity contribution >= 4 is 22.9 Å². The zero-order valence-corrected chi connectivity index (χ0v) is 11.0. The van der Waals surface area contributed by atoms with Crippen LogP contribution in [-0.2, 0) is 11.2 Å². The average Bonchev–Trinajstić information content (AvgIpc) is 2.91. The predicted molar refractivity (Wildman–Crippen MR) is 74.1 cm³/mol. The largest absolute Gasteiger partial charge is 0.486 e. The molecular formula is C14H13NO3S. The lowest BCUT2D eigenvalue weighted by Gasteiger charge is -2.18. The molecule has 3 rings (SSSR count). The number of fused-ring (bicyclic) bond motifs is 1. The van der Waals surface area contributed by atoms with Crippen LogP contribution in [0, 0.1) is 0 Å². The maximum absolute atomic E-state index is 11.9. The number of carbonyl (C=O) groups excluding carboxylic acids is 1. The highest BCUT2D eigenvalue weighted by molar-refractivity contribution is 7.08. The van der Waals surface area contributed by atoms with E-state index >= 15 is 0 Å². The second kappa shape index (κ2) is 5.32. The van der Waals surface area contributed by atoms with Gasteiger partial charge >= 0.3 is 0 Å². The Balaban J connectivity index is 1.67. The summed E-state index contributed by atoms with van der Waals surface area (Å²) in [5.41, 5.74) is 1.75. The highest BCUT2D eigenvalue weighted by atomic mass is 32.1. The molecule has 1 aromatic carbocycles. The summed E-state index contributed by atoms with van der Waals surface area (Å²) in [6.45, 7) is 1.11. The Kier molecular flexibility index (Phi) is 3.37. The number of rotatable bonds is 3. The van der Waals surface area contributed by atoms with Gasteiger partial charge in [0.05, 0.1) is 6.42 Å². The first-order valence-electron chi connectivity index (χ1n) is 6.02. The van der Waals surface area contributed by atoms with Crippen LogP contribution in [0.5, 0.6) is 11.5 Å². The maximum atomic E-state index is 11.9. The molecule has 0 spiro atoms. The van der Waals surface area contributed by atoms with Gasteiger partial charge in [-0.15, -0.1) is 0 Å². The van der Waals surface area contributed by atoms with Crippen molar-refractivity contribution < 1.29 is 14.3 Å². The molecule has 0 unspecified atom stereocenters. The summed E-state index contributed by atoms with van der Waals surface area (Å²) in [7, 11) is 0. The minimum Gasteiger partial charge on any atom is -0.486 e. The van der Waals surface area contributed by atoms with E-state index in [1.807, 2.05) is 29.0 Å². The fourth-order valence-corrected chi connectivity index (χ4v) is 2.57. The summed E-state index contributed by atoms with van der Waals surface area (Å²) in [5.74, 6) is 1.37. The fourth-order valence-electron chi connectivity index (χ4n) is 1.90. The predicted octanol–water partition coefficient (Wildman–Crippen LogP) is 2.70. The van der Waals surface area contributed by atoms with E-state index < -0.39 is 0 Å². The van der Waals surface area contributed by atoms with Crippen molar-refractivity contribution in [2.24, 2.45) is 0 Å². The van der Waals surface area contributed by atoms with E-state index in [-0.39, 0.29) is 5.91 Å².